The highest BCUT2D eigenvalue weighted by Gasteiger charge is 2.35. The van der Waals surface area contributed by atoms with E-state index in [9.17, 15) is 4.79 Å². The predicted molar refractivity (Wildman–Crippen MR) is 82.8 cm³/mol. The number of carbonyl (C=O) groups excluding carboxylic acids is 1. The molecule has 1 saturated heterocycles. The summed E-state index contributed by atoms with van der Waals surface area (Å²) in [6, 6.07) is 0.340. The van der Waals surface area contributed by atoms with Gasteiger partial charge in [-0.3, -0.25) is 4.79 Å². The molecule has 1 unspecified atom stereocenters. The molecular weight excluding hydrogens is 250 g/mol. The van der Waals surface area contributed by atoms with E-state index in [0.717, 1.165) is 38.9 Å². The van der Waals surface area contributed by atoms with Crippen molar-refractivity contribution in [3.8, 4) is 0 Å². The van der Waals surface area contributed by atoms with Gasteiger partial charge in [0.15, 0.2) is 0 Å². The zero-order valence-corrected chi connectivity index (χ0v) is 13.5. The van der Waals surface area contributed by atoms with E-state index in [2.05, 4.69) is 29.1 Å². The lowest BCUT2D eigenvalue weighted by Crippen LogP contribution is -2.51. The topological polar surface area (TPSA) is 35.6 Å². The van der Waals surface area contributed by atoms with Crippen LogP contribution >= 0.6 is 0 Å². The van der Waals surface area contributed by atoms with E-state index < -0.39 is 0 Å². The number of amides is 1. The second-order valence-corrected chi connectivity index (χ2v) is 6.82. The monoisotopic (exact) mass is 281 g/mol. The Kier molecular flexibility index (Phi) is 5.44. The first-order valence-electron chi connectivity index (χ1n) is 8.23. The van der Waals surface area contributed by atoms with Crippen molar-refractivity contribution < 1.29 is 4.79 Å². The Morgan fingerprint density at radius 1 is 1.20 bits per heavy atom. The van der Waals surface area contributed by atoms with Crippen LogP contribution in [-0.4, -0.2) is 61.0 Å². The first-order chi connectivity index (χ1) is 9.56. The van der Waals surface area contributed by atoms with Crippen LogP contribution in [0, 0.1) is 0 Å². The molecule has 2 rings (SSSR count). The maximum atomic E-state index is 12.8. The van der Waals surface area contributed by atoms with E-state index in [0.29, 0.717) is 18.4 Å². The van der Waals surface area contributed by atoms with Crippen LogP contribution in [0.3, 0.4) is 0 Å². The van der Waals surface area contributed by atoms with Gasteiger partial charge in [0.25, 0.3) is 0 Å². The van der Waals surface area contributed by atoms with Gasteiger partial charge in [-0.15, -0.1) is 0 Å². The molecule has 0 aromatic heterocycles. The third kappa shape index (κ3) is 3.73. The number of hydrogen-bond donors (Lipinski definition) is 1. The minimum atomic E-state index is 0.0628. The van der Waals surface area contributed by atoms with E-state index >= 15 is 0 Å². The summed E-state index contributed by atoms with van der Waals surface area (Å²) in [5.74, 6) is 0.351. The molecular formula is C16H31N3O. The van der Waals surface area contributed by atoms with Crippen molar-refractivity contribution in [2.75, 3.05) is 33.7 Å². The van der Waals surface area contributed by atoms with Crippen molar-refractivity contribution in [1.82, 2.24) is 15.1 Å². The van der Waals surface area contributed by atoms with E-state index in [1.54, 1.807) is 0 Å². The van der Waals surface area contributed by atoms with Gasteiger partial charge >= 0.3 is 0 Å². The van der Waals surface area contributed by atoms with E-state index in [1.807, 2.05) is 7.05 Å². The summed E-state index contributed by atoms with van der Waals surface area (Å²) in [4.78, 5) is 17.2. The average molecular weight is 281 g/mol. The van der Waals surface area contributed by atoms with Crippen molar-refractivity contribution >= 4 is 5.91 Å². The lowest BCUT2D eigenvalue weighted by molar-refractivity contribution is -0.135. The Morgan fingerprint density at radius 2 is 1.90 bits per heavy atom. The first kappa shape index (κ1) is 15.8. The number of nitrogens with zero attached hydrogens (tertiary/aromatic N) is 2. The first-order valence-corrected chi connectivity index (χ1v) is 8.23. The smallest absolute Gasteiger partial charge is 0.224 e. The highest BCUT2D eigenvalue weighted by Crippen LogP contribution is 2.31. The predicted octanol–water partition coefficient (Wildman–Crippen LogP) is 1.85. The van der Waals surface area contributed by atoms with Gasteiger partial charge in [0.1, 0.15) is 0 Å². The Morgan fingerprint density at radius 3 is 2.55 bits per heavy atom. The van der Waals surface area contributed by atoms with Gasteiger partial charge in [-0.1, -0.05) is 19.3 Å². The standard InChI is InChI=1S/C16H31N3O/c1-14-13-18(3)10-7-11-19(14)15(20)12-16(17-2)8-5-4-6-9-16/h14,17H,4-13H2,1-3H3. The summed E-state index contributed by atoms with van der Waals surface area (Å²) in [7, 11) is 4.18. The van der Waals surface area contributed by atoms with Gasteiger partial charge in [-0.25, -0.2) is 0 Å². The van der Waals surface area contributed by atoms with Crippen molar-refractivity contribution in [3.05, 3.63) is 0 Å². The minimum absolute atomic E-state index is 0.0628. The van der Waals surface area contributed by atoms with Crippen LogP contribution in [0.25, 0.3) is 0 Å². The summed E-state index contributed by atoms with van der Waals surface area (Å²) < 4.78 is 0. The summed E-state index contributed by atoms with van der Waals surface area (Å²) >= 11 is 0. The number of nitrogens with one attached hydrogen (secondary N) is 1. The molecule has 1 saturated carbocycles. The number of carbonyl (C=O) groups is 1. The molecule has 2 aliphatic rings. The van der Waals surface area contributed by atoms with Gasteiger partial charge in [0.2, 0.25) is 5.91 Å². The summed E-state index contributed by atoms with van der Waals surface area (Å²) in [6.07, 6.45) is 7.91. The lowest BCUT2D eigenvalue weighted by Gasteiger charge is -2.39. The van der Waals surface area contributed by atoms with Crippen LogP contribution in [0.15, 0.2) is 0 Å². The molecule has 4 heteroatoms. The molecule has 0 spiro atoms. The van der Waals surface area contributed by atoms with Gasteiger partial charge in [-0.2, -0.15) is 0 Å². The molecule has 4 nitrogen and oxygen atoms in total. The van der Waals surface area contributed by atoms with Gasteiger partial charge in [-0.05, 0) is 46.8 Å². The Hall–Kier alpha value is -0.610. The van der Waals surface area contributed by atoms with Crippen molar-refractivity contribution in [1.29, 1.82) is 0 Å². The summed E-state index contributed by atoms with van der Waals surface area (Å²) in [6.45, 7) is 5.21. The zero-order valence-electron chi connectivity index (χ0n) is 13.5. The Bertz CT molecular complexity index is 326. The Balaban J connectivity index is 1.98. The average Bonchev–Trinajstić information content (AvgIpc) is 2.60. The molecule has 2 fully saturated rings. The third-order valence-corrected chi connectivity index (χ3v) is 5.20. The zero-order chi connectivity index (χ0) is 14.6. The largest absolute Gasteiger partial charge is 0.339 e. The number of hydrogen-bond acceptors (Lipinski definition) is 3. The summed E-state index contributed by atoms with van der Waals surface area (Å²) in [5.41, 5.74) is 0.0628. The fourth-order valence-corrected chi connectivity index (χ4v) is 3.88. The van der Waals surface area contributed by atoms with Crippen LogP contribution in [0.5, 0.6) is 0 Å². The molecule has 20 heavy (non-hydrogen) atoms. The molecule has 0 aromatic carbocycles. The molecule has 1 amide bonds. The number of rotatable bonds is 3. The summed E-state index contributed by atoms with van der Waals surface area (Å²) in [5, 5.41) is 3.47. The molecule has 1 aliphatic heterocycles. The normalized spacial score (nSPS) is 28.1. The highest BCUT2D eigenvalue weighted by atomic mass is 16.2. The minimum Gasteiger partial charge on any atom is -0.339 e. The Labute approximate surface area is 123 Å². The molecule has 116 valence electrons. The van der Waals surface area contributed by atoms with E-state index in [4.69, 9.17) is 0 Å². The third-order valence-electron chi connectivity index (χ3n) is 5.20. The molecule has 1 N–H and O–H groups in total. The fraction of sp³-hybridized carbons (Fsp3) is 0.938. The van der Waals surface area contributed by atoms with Crippen molar-refractivity contribution in [2.24, 2.45) is 0 Å². The van der Waals surface area contributed by atoms with Crippen molar-refractivity contribution in [3.63, 3.8) is 0 Å². The molecule has 0 aromatic rings. The molecule has 0 radical (unpaired) electrons. The van der Waals surface area contributed by atoms with Gasteiger partial charge < -0.3 is 15.1 Å². The molecule has 1 heterocycles. The maximum absolute atomic E-state index is 12.8. The van der Waals surface area contributed by atoms with Crippen LogP contribution < -0.4 is 5.32 Å². The fourth-order valence-electron chi connectivity index (χ4n) is 3.88. The van der Waals surface area contributed by atoms with E-state index in [1.165, 1.54) is 19.3 Å². The second kappa shape index (κ2) is 6.90. The maximum Gasteiger partial charge on any atom is 0.224 e. The number of likely N-dealkylation sites (N-methyl/N-ethyl adjacent to an activating group) is 1. The second-order valence-electron chi connectivity index (χ2n) is 6.82. The van der Waals surface area contributed by atoms with Crippen LogP contribution in [-0.2, 0) is 4.79 Å². The van der Waals surface area contributed by atoms with E-state index in [-0.39, 0.29) is 5.54 Å². The molecule has 1 aliphatic carbocycles. The van der Waals surface area contributed by atoms with Crippen LogP contribution in [0.1, 0.15) is 51.9 Å². The van der Waals surface area contributed by atoms with Gasteiger partial charge in [0.05, 0.1) is 0 Å². The SMILES string of the molecule is CNC1(CC(=O)N2CCCN(C)CC2C)CCCCC1. The van der Waals surface area contributed by atoms with Crippen LogP contribution in [0.4, 0.5) is 0 Å². The quantitative estimate of drug-likeness (QED) is 0.857. The molecule has 0 bridgehead atoms. The van der Waals surface area contributed by atoms with Crippen LogP contribution in [0.2, 0.25) is 0 Å². The molecule has 1 atom stereocenters. The highest BCUT2D eigenvalue weighted by molar-refractivity contribution is 5.78. The lowest BCUT2D eigenvalue weighted by atomic mass is 9.79. The van der Waals surface area contributed by atoms with Gasteiger partial charge in [0, 0.05) is 31.1 Å². The van der Waals surface area contributed by atoms with Crippen molar-refractivity contribution in [2.45, 2.75) is 63.5 Å².